The number of carbonyl (C=O) groups excluding carboxylic acids is 1. The highest BCUT2D eigenvalue weighted by molar-refractivity contribution is 5.75. The van der Waals surface area contributed by atoms with Gasteiger partial charge in [0.15, 0.2) is 5.65 Å². The summed E-state index contributed by atoms with van der Waals surface area (Å²) in [5.74, 6) is 0.905. The third kappa shape index (κ3) is 3.57. The van der Waals surface area contributed by atoms with Gasteiger partial charge in [0.2, 0.25) is 0 Å². The van der Waals surface area contributed by atoms with Crippen LogP contribution < -0.4 is 10.2 Å². The molecule has 1 atom stereocenters. The van der Waals surface area contributed by atoms with Gasteiger partial charge in [0, 0.05) is 57.4 Å². The molecule has 0 unspecified atom stereocenters. The summed E-state index contributed by atoms with van der Waals surface area (Å²) in [6.45, 7) is 4.90. The fourth-order valence-electron chi connectivity index (χ4n) is 3.39. The third-order valence-corrected chi connectivity index (χ3v) is 4.97. The van der Waals surface area contributed by atoms with Crippen molar-refractivity contribution in [2.24, 2.45) is 7.05 Å². The zero-order valence-corrected chi connectivity index (χ0v) is 15.6. The number of aryl methyl sites for hydroxylation is 1. The second-order valence-corrected chi connectivity index (χ2v) is 6.75. The molecule has 9 heteroatoms. The van der Waals surface area contributed by atoms with Crippen molar-refractivity contribution < 1.29 is 4.79 Å². The maximum atomic E-state index is 12.7. The second kappa shape index (κ2) is 7.26. The minimum Gasteiger partial charge on any atom is -0.352 e. The van der Waals surface area contributed by atoms with E-state index in [1.165, 1.54) is 0 Å². The number of urea groups is 1. The van der Waals surface area contributed by atoms with Gasteiger partial charge in [-0.05, 0) is 18.6 Å². The molecular formula is C18H24N8O. The Balaban J connectivity index is 1.36. The van der Waals surface area contributed by atoms with Gasteiger partial charge in [0.25, 0.3) is 0 Å². The first-order valence-electron chi connectivity index (χ1n) is 9.23. The second-order valence-electron chi connectivity index (χ2n) is 6.75. The number of amides is 2. The summed E-state index contributed by atoms with van der Waals surface area (Å²) in [6.07, 6.45) is 8.16. The van der Waals surface area contributed by atoms with Gasteiger partial charge in [-0.15, -0.1) is 5.10 Å². The molecule has 0 radical (unpaired) electrons. The fourth-order valence-corrected chi connectivity index (χ4v) is 3.39. The average Bonchev–Trinajstić information content (AvgIpc) is 3.34. The van der Waals surface area contributed by atoms with Crippen molar-refractivity contribution in [3.63, 3.8) is 0 Å². The van der Waals surface area contributed by atoms with E-state index in [1.54, 1.807) is 15.4 Å². The molecule has 1 aliphatic rings. The molecule has 4 rings (SSSR count). The van der Waals surface area contributed by atoms with Gasteiger partial charge in [-0.25, -0.2) is 14.3 Å². The molecule has 2 amide bonds. The van der Waals surface area contributed by atoms with E-state index in [2.05, 4.69) is 32.3 Å². The van der Waals surface area contributed by atoms with Crippen LogP contribution in [0.25, 0.3) is 5.65 Å². The van der Waals surface area contributed by atoms with Crippen LogP contribution in [-0.4, -0.2) is 61.5 Å². The van der Waals surface area contributed by atoms with Gasteiger partial charge in [0.1, 0.15) is 5.82 Å². The molecule has 142 valence electrons. The first-order chi connectivity index (χ1) is 13.1. The first kappa shape index (κ1) is 17.3. The molecule has 1 saturated heterocycles. The zero-order chi connectivity index (χ0) is 18.8. The summed E-state index contributed by atoms with van der Waals surface area (Å²) >= 11 is 0. The monoisotopic (exact) mass is 368 g/mol. The van der Waals surface area contributed by atoms with E-state index in [9.17, 15) is 4.79 Å². The molecule has 27 heavy (non-hydrogen) atoms. The fraction of sp³-hybridized carbons (Fsp3) is 0.444. The van der Waals surface area contributed by atoms with Crippen LogP contribution in [0.15, 0.2) is 36.9 Å². The third-order valence-electron chi connectivity index (χ3n) is 4.97. The predicted molar refractivity (Wildman–Crippen MR) is 102 cm³/mol. The topological polar surface area (TPSA) is 83.6 Å². The lowest BCUT2D eigenvalue weighted by Gasteiger charge is -2.36. The van der Waals surface area contributed by atoms with E-state index >= 15 is 0 Å². The average molecular weight is 368 g/mol. The van der Waals surface area contributed by atoms with Gasteiger partial charge in [-0.2, -0.15) is 5.10 Å². The standard InChI is InChI=1S/C18H24N8O/c1-3-15(14-12-20-23(2)13-14)21-18(27)25-10-8-24(9-11-25)17-5-4-16-19-6-7-26(16)22-17/h4-7,12-13,15H,3,8-11H2,1-2H3,(H,21,27)/t15-/m0/s1. The number of piperazine rings is 1. The molecule has 1 aliphatic heterocycles. The van der Waals surface area contributed by atoms with E-state index in [0.717, 1.165) is 36.5 Å². The van der Waals surface area contributed by atoms with Crippen LogP contribution >= 0.6 is 0 Å². The molecule has 0 bridgehead atoms. The lowest BCUT2D eigenvalue weighted by molar-refractivity contribution is 0.189. The first-order valence-corrected chi connectivity index (χ1v) is 9.23. The van der Waals surface area contributed by atoms with Crippen LogP contribution in [0, 0.1) is 0 Å². The molecule has 0 aromatic carbocycles. The van der Waals surface area contributed by atoms with Crippen molar-refractivity contribution in [3.8, 4) is 0 Å². The molecule has 3 aromatic heterocycles. The van der Waals surface area contributed by atoms with Crippen molar-refractivity contribution in [2.45, 2.75) is 19.4 Å². The molecule has 9 nitrogen and oxygen atoms in total. The predicted octanol–water partition coefficient (Wildman–Crippen LogP) is 1.45. The smallest absolute Gasteiger partial charge is 0.318 e. The maximum absolute atomic E-state index is 12.7. The molecule has 4 heterocycles. The van der Waals surface area contributed by atoms with E-state index in [0.29, 0.717) is 13.1 Å². The lowest BCUT2D eigenvalue weighted by Crippen LogP contribution is -2.52. The van der Waals surface area contributed by atoms with Gasteiger partial charge in [0.05, 0.1) is 12.2 Å². The summed E-state index contributed by atoms with van der Waals surface area (Å²) in [6, 6.07) is 3.90. The van der Waals surface area contributed by atoms with E-state index in [-0.39, 0.29) is 12.1 Å². The quantitative estimate of drug-likeness (QED) is 0.753. The molecule has 0 aliphatic carbocycles. The van der Waals surface area contributed by atoms with E-state index in [4.69, 9.17) is 0 Å². The van der Waals surface area contributed by atoms with Crippen molar-refractivity contribution in [1.29, 1.82) is 0 Å². The highest BCUT2D eigenvalue weighted by atomic mass is 16.2. The van der Waals surface area contributed by atoms with Crippen molar-refractivity contribution >= 4 is 17.5 Å². The Kier molecular flexibility index (Phi) is 4.66. The van der Waals surface area contributed by atoms with Crippen molar-refractivity contribution in [3.05, 3.63) is 42.5 Å². The highest BCUT2D eigenvalue weighted by Crippen LogP contribution is 2.17. The number of hydrogen-bond donors (Lipinski definition) is 1. The molecule has 0 saturated carbocycles. The Labute approximate surface area is 157 Å². The van der Waals surface area contributed by atoms with Crippen LogP contribution in [0.4, 0.5) is 10.6 Å². The Morgan fingerprint density at radius 2 is 2.07 bits per heavy atom. The van der Waals surface area contributed by atoms with Crippen LogP contribution in [0.1, 0.15) is 24.9 Å². The zero-order valence-electron chi connectivity index (χ0n) is 15.6. The number of imidazole rings is 1. The number of anilines is 1. The summed E-state index contributed by atoms with van der Waals surface area (Å²) in [7, 11) is 1.88. The maximum Gasteiger partial charge on any atom is 0.318 e. The number of nitrogens with zero attached hydrogens (tertiary/aromatic N) is 7. The molecule has 0 spiro atoms. The Morgan fingerprint density at radius 3 is 2.78 bits per heavy atom. The Bertz CT molecular complexity index is 924. The SMILES string of the molecule is CC[C@H](NC(=O)N1CCN(c2ccc3nccn3n2)CC1)c1cnn(C)c1. The molecule has 1 fully saturated rings. The number of hydrogen-bond acceptors (Lipinski definition) is 5. The largest absolute Gasteiger partial charge is 0.352 e. The van der Waals surface area contributed by atoms with Gasteiger partial charge < -0.3 is 15.1 Å². The van der Waals surface area contributed by atoms with Crippen molar-refractivity contribution in [1.82, 2.24) is 34.6 Å². The van der Waals surface area contributed by atoms with Gasteiger partial charge in [-0.3, -0.25) is 4.68 Å². The van der Waals surface area contributed by atoms with Crippen LogP contribution in [-0.2, 0) is 7.05 Å². The van der Waals surface area contributed by atoms with Gasteiger partial charge >= 0.3 is 6.03 Å². The van der Waals surface area contributed by atoms with Gasteiger partial charge in [-0.1, -0.05) is 6.92 Å². The summed E-state index contributed by atoms with van der Waals surface area (Å²) in [4.78, 5) is 21.0. The van der Waals surface area contributed by atoms with Crippen LogP contribution in [0.3, 0.4) is 0 Å². The van der Waals surface area contributed by atoms with Crippen LogP contribution in [0.5, 0.6) is 0 Å². The van der Waals surface area contributed by atoms with Crippen molar-refractivity contribution in [2.75, 3.05) is 31.1 Å². The molecule has 1 N–H and O–H groups in total. The molecular weight excluding hydrogens is 344 g/mol. The number of carbonyl (C=O) groups is 1. The summed E-state index contributed by atoms with van der Waals surface area (Å²) < 4.78 is 3.53. The van der Waals surface area contributed by atoms with Crippen LogP contribution in [0.2, 0.25) is 0 Å². The lowest BCUT2D eigenvalue weighted by atomic mass is 10.1. The number of rotatable bonds is 4. The minimum absolute atomic E-state index is 0.0189. The summed E-state index contributed by atoms with van der Waals surface area (Å²) in [5.41, 5.74) is 1.86. The Morgan fingerprint density at radius 1 is 1.26 bits per heavy atom. The minimum atomic E-state index is -0.0247. The van der Waals surface area contributed by atoms with E-state index in [1.807, 2.05) is 42.7 Å². The highest BCUT2D eigenvalue weighted by Gasteiger charge is 2.24. The number of fused-ring (bicyclic) bond motifs is 1. The summed E-state index contributed by atoms with van der Waals surface area (Å²) in [5, 5.41) is 11.9. The molecule has 3 aromatic rings. The van der Waals surface area contributed by atoms with E-state index < -0.39 is 0 Å². The Hall–Kier alpha value is -3.10. The number of nitrogens with one attached hydrogen (secondary N) is 1. The number of aromatic nitrogens is 5. The normalized spacial score (nSPS) is 15.9.